The molecule has 0 heterocycles. The molecule has 0 aromatic heterocycles. The van der Waals surface area contributed by atoms with Crippen LogP contribution in [-0.2, 0) is 0 Å². The molecule has 0 aromatic rings. The zero-order valence-electron chi connectivity index (χ0n) is 22.4. The second-order valence-corrected chi connectivity index (χ2v) is 11.8. The first-order chi connectivity index (χ1) is 16.1. The third-order valence-corrected chi connectivity index (χ3v) is 9.82. The van der Waals surface area contributed by atoms with Gasteiger partial charge in [0.1, 0.15) is 0 Å². The standard InChI is InChI=1S/C31H56N2/c1-5-7-8-10-15-27-22-24(3)29-18-11-9-12-19-31(29)30(26(6-2)17-14-21-32)20-13-16-28(23-33)25(27)4/h5,24-31H,1,6-22,32H2,2-4H3. The smallest absolute Gasteiger partial charge is 0.0658 e. The van der Waals surface area contributed by atoms with Crippen LogP contribution < -0.4 is 5.73 Å². The zero-order valence-corrected chi connectivity index (χ0v) is 22.4. The summed E-state index contributed by atoms with van der Waals surface area (Å²) in [5.74, 6) is 5.67. The van der Waals surface area contributed by atoms with Crippen molar-refractivity contribution in [1.29, 1.82) is 5.26 Å². The first-order valence-electron chi connectivity index (χ1n) is 14.8. The average Bonchev–Trinajstić information content (AvgIpc) is 3.08. The van der Waals surface area contributed by atoms with E-state index in [2.05, 4.69) is 39.5 Å². The molecule has 33 heavy (non-hydrogen) atoms. The first kappa shape index (κ1) is 28.4. The molecule has 0 radical (unpaired) electrons. The van der Waals surface area contributed by atoms with Gasteiger partial charge in [0, 0.05) is 5.92 Å². The molecule has 2 N–H and O–H groups in total. The van der Waals surface area contributed by atoms with Crippen LogP contribution in [0.4, 0.5) is 0 Å². The highest BCUT2D eigenvalue weighted by molar-refractivity contribution is 4.93. The minimum absolute atomic E-state index is 0.231. The van der Waals surface area contributed by atoms with Gasteiger partial charge in [0.25, 0.3) is 0 Å². The van der Waals surface area contributed by atoms with Crippen molar-refractivity contribution >= 4 is 0 Å². The third kappa shape index (κ3) is 8.72. The number of nitriles is 1. The lowest BCUT2D eigenvalue weighted by Crippen LogP contribution is -2.33. The number of hydrogen-bond donors (Lipinski definition) is 1. The maximum atomic E-state index is 10.1. The van der Waals surface area contributed by atoms with Crippen LogP contribution in [0.3, 0.4) is 0 Å². The van der Waals surface area contributed by atoms with E-state index in [9.17, 15) is 5.26 Å². The quantitative estimate of drug-likeness (QED) is 0.263. The average molecular weight is 457 g/mol. The molecule has 190 valence electrons. The second-order valence-electron chi connectivity index (χ2n) is 11.8. The summed E-state index contributed by atoms with van der Waals surface area (Å²) in [7, 11) is 0. The van der Waals surface area contributed by atoms with Crippen molar-refractivity contribution in [3.05, 3.63) is 12.7 Å². The van der Waals surface area contributed by atoms with Gasteiger partial charge in [-0.2, -0.15) is 5.26 Å². The predicted molar refractivity (Wildman–Crippen MR) is 144 cm³/mol. The highest BCUT2D eigenvalue weighted by Crippen LogP contribution is 2.48. The minimum atomic E-state index is 0.231. The normalized spacial score (nSPS) is 34.8. The Labute approximate surface area is 207 Å². The van der Waals surface area contributed by atoms with E-state index in [1.807, 2.05) is 0 Å². The Morgan fingerprint density at radius 2 is 1.76 bits per heavy atom. The summed E-state index contributed by atoms with van der Waals surface area (Å²) in [6.07, 6.45) is 23.0. The van der Waals surface area contributed by atoms with Crippen LogP contribution in [0, 0.1) is 58.7 Å². The van der Waals surface area contributed by atoms with E-state index in [0.29, 0.717) is 11.8 Å². The Morgan fingerprint density at radius 1 is 1.00 bits per heavy atom. The highest BCUT2D eigenvalue weighted by Gasteiger charge is 2.39. The molecule has 2 fully saturated rings. The molecule has 2 saturated carbocycles. The molecule has 8 atom stereocenters. The maximum Gasteiger partial charge on any atom is 0.0658 e. The molecule has 0 bridgehead atoms. The fraction of sp³-hybridized carbons (Fsp3) is 0.903. The van der Waals surface area contributed by atoms with Crippen LogP contribution in [-0.4, -0.2) is 6.54 Å². The van der Waals surface area contributed by atoms with Gasteiger partial charge in [-0.1, -0.05) is 71.8 Å². The van der Waals surface area contributed by atoms with Gasteiger partial charge < -0.3 is 5.73 Å². The van der Waals surface area contributed by atoms with E-state index in [-0.39, 0.29) is 5.92 Å². The number of nitrogens with zero attached hydrogens (tertiary/aromatic N) is 1. The van der Waals surface area contributed by atoms with Crippen LogP contribution in [0.1, 0.15) is 124 Å². The number of rotatable bonds is 10. The van der Waals surface area contributed by atoms with E-state index in [4.69, 9.17) is 5.73 Å². The minimum Gasteiger partial charge on any atom is -0.330 e. The van der Waals surface area contributed by atoms with E-state index < -0.39 is 0 Å². The van der Waals surface area contributed by atoms with Crippen LogP contribution in [0.2, 0.25) is 0 Å². The molecule has 0 spiro atoms. The van der Waals surface area contributed by atoms with E-state index in [1.165, 1.54) is 89.9 Å². The maximum absolute atomic E-state index is 10.1. The van der Waals surface area contributed by atoms with Crippen molar-refractivity contribution in [2.45, 2.75) is 124 Å². The van der Waals surface area contributed by atoms with E-state index >= 15 is 0 Å². The molecule has 0 aromatic carbocycles. The molecule has 2 aliphatic rings. The Kier molecular flexibility index (Phi) is 13.8. The van der Waals surface area contributed by atoms with Crippen molar-refractivity contribution in [2.75, 3.05) is 6.54 Å². The number of fused-ring (bicyclic) bond motifs is 1. The fourth-order valence-electron chi connectivity index (χ4n) is 7.79. The summed E-state index contributed by atoms with van der Waals surface area (Å²) >= 11 is 0. The Hall–Kier alpha value is -0.810. The van der Waals surface area contributed by atoms with Crippen molar-refractivity contribution in [1.82, 2.24) is 0 Å². The van der Waals surface area contributed by atoms with Crippen molar-refractivity contribution < 1.29 is 0 Å². The van der Waals surface area contributed by atoms with E-state index in [1.54, 1.807) is 0 Å². The number of hydrogen-bond acceptors (Lipinski definition) is 2. The predicted octanol–water partition coefficient (Wildman–Crippen LogP) is 8.91. The van der Waals surface area contributed by atoms with Gasteiger partial charge in [-0.05, 0) is 106 Å². The Bertz CT molecular complexity index is 564. The lowest BCUT2D eigenvalue weighted by atomic mass is 9.64. The zero-order chi connectivity index (χ0) is 24.1. The van der Waals surface area contributed by atoms with Crippen molar-refractivity contribution in [3.8, 4) is 6.07 Å². The van der Waals surface area contributed by atoms with Gasteiger partial charge in [-0.3, -0.25) is 0 Å². The Morgan fingerprint density at radius 3 is 2.42 bits per heavy atom. The van der Waals surface area contributed by atoms with Gasteiger partial charge in [-0.15, -0.1) is 6.58 Å². The summed E-state index contributed by atoms with van der Waals surface area (Å²) in [5, 5.41) is 10.1. The SMILES string of the molecule is C=CCCCCC1CC(C)C2CCCCCC2C(C(CC)CCCN)CCCC(C#N)C1C. The largest absolute Gasteiger partial charge is 0.330 e. The van der Waals surface area contributed by atoms with Gasteiger partial charge in [0.15, 0.2) is 0 Å². The molecule has 2 nitrogen and oxygen atoms in total. The summed E-state index contributed by atoms with van der Waals surface area (Å²) in [5.41, 5.74) is 5.95. The van der Waals surface area contributed by atoms with Crippen LogP contribution in [0.5, 0.6) is 0 Å². The van der Waals surface area contributed by atoms with Gasteiger partial charge in [-0.25, -0.2) is 0 Å². The molecule has 0 saturated heterocycles. The van der Waals surface area contributed by atoms with Crippen molar-refractivity contribution in [3.63, 3.8) is 0 Å². The Balaban J connectivity index is 2.30. The van der Waals surface area contributed by atoms with Crippen molar-refractivity contribution in [2.24, 2.45) is 53.1 Å². The molecule has 0 amide bonds. The van der Waals surface area contributed by atoms with Crippen LogP contribution >= 0.6 is 0 Å². The van der Waals surface area contributed by atoms with Gasteiger partial charge in [0.2, 0.25) is 0 Å². The summed E-state index contributed by atoms with van der Waals surface area (Å²) in [6, 6.07) is 2.77. The van der Waals surface area contributed by atoms with Crippen LogP contribution in [0.15, 0.2) is 12.7 Å². The molecule has 2 aliphatic carbocycles. The van der Waals surface area contributed by atoms with Gasteiger partial charge >= 0.3 is 0 Å². The second kappa shape index (κ2) is 16.0. The molecule has 8 unspecified atom stereocenters. The molecule has 0 aliphatic heterocycles. The third-order valence-electron chi connectivity index (χ3n) is 9.82. The summed E-state index contributed by atoms with van der Waals surface area (Å²) < 4.78 is 0. The first-order valence-corrected chi connectivity index (χ1v) is 14.8. The highest BCUT2D eigenvalue weighted by atomic mass is 14.5. The van der Waals surface area contributed by atoms with E-state index in [0.717, 1.165) is 49.0 Å². The summed E-state index contributed by atoms with van der Waals surface area (Å²) in [4.78, 5) is 0. The molecular formula is C31H56N2. The lowest BCUT2D eigenvalue weighted by Gasteiger charge is -2.41. The fourth-order valence-corrected chi connectivity index (χ4v) is 7.79. The monoisotopic (exact) mass is 456 g/mol. The number of allylic oxidation sites excluding steroid dienone is 1. The van der Waals surface area contributed by atoms with Gasteiger partial charge in [0.05, 0.1) is 6.07 Å². The van der Waals surface area contributed by atoms with Crippen LogP contribution in [0.25, 0.3) is 0 Å². The summed E-state index contributed by atoms with van der Waals surface area (Å²) in [6.45, 7) is 12.2. The topological polar surface area (TPSA) is 49.8 Å². The molecular weight excluding hydrogens is 400 g/mol. The molecule has 2 heteroatoms. The number of nitrogens with two attached hydrogens (primary N) is 1. The number of unbranched alkanes of at least 4 members (excludes halogenated alkanes) is 2. The molecule has 2 rings (SSSR count). The lowest BCUT2D eigenvalue weighted by molar-refractivity contribution is 0.0860.